The summed E-state index contributed by atoms with van der Waals surface area (Å²) in [6, 6.07) is 28.5. The average Bonchev–Trinajstić information content (AvgIpc) is 3.34. The Kier molecular flexibility index (Phi) is 5.01. The number of rotatable bonds is 6. The van der Waals surface area contributed by atoms with E-state index < -0.39 is 0 Å². The molecule has 3 aromatic rings. The van der Waals surface area contributed by atoms with E-state index in [1.807, 2.05) is 54.6 Å². The number of fused-ring (bicyclic) bond motifs is 1. The first-order valence-electron chi connectivity index (χ1n) is 10.6. The van der Waals surface area contributed by atoms with Gasteiger partial charge in [-0.05, 0) is 29.5 Å². The molecule has 30 heavy (non-hydrogen) atoms. The molecule has 1 saturated carbocycles. The number of piperidine rings is 1. The van der Waals surface area contributed by atoms with Crippen molar-refractivity contribution in [3.63, 3.8) is 0 Å². The number of hydrogen-bond donors (Lipinski definition) is 1. The van der Waals surface area contributed by atoms with E-state index in [-0.39, 0.29) is 11.5 Å². The fourth-order valence-electron chi connectivity index (χ4n) is 4.71. The van der Waals surface area contributed by atoms with Gasteiger partial charge in [-0.1, -0.05) is 78.9 Å². The van der Waals surface area contributed by atoms with Crippen molar-refractivity contribution in [2.45, 2.75) is 13.0 Å². The van der Waals surface area contributed by atoms with E-state index in [0.29, 0.717) is 12.5 Å². The van der Waals surface area contributed by atoms with Gasteiger partial charge in [0.1, 0.15) is 6.61 Å². The van der Waals surface area contributed by atoms with Crippen LogP contribution in [0.3, 0.4) is 0 Å². The summed E-state index contributed by atoms with van der Waals surface area (Å²) in [7, 11) is 0. The number of likely N-dealkylation sites (tertiary alicyclic amines) is 1. The highest BCUT2D eigenvalue weighted by Gasteiger charge is 2.60. The summed E-state index contributed by atoms with van der Waals surface area (Å²) in [4.78, 5) is 15.0. The normalized spacial score (nSPS) is 22.3. The van der Waals surface area contributed by atoms with Crippen LogP contribution < -0.4 is 5.32 Å². The first-order chi connectivity index (χ1) is 14.7. The van der Waals surface area contributed by atoms with Gasteiger partial charge in [-0.3, -0.25) is 10.2 Å². The molecule has 152 valence electrons. The lowest BCUT2D eigenvalue weighted by Gasteiger charge is -2.21. The van der Waals surface area contributed by atoms with Gasteiger partial charge in [0.05, 0.1) is 5.69 Å². The third kappa shape index (κ3) is 3.96. The number of ether oxygens (including phenoxy) is 1. The van der Waals surface area contributed by atoms with E-state index in [9.17, 15) is 4.79 Å². The molecule has 3 aromatic carbocycles. The zero-order valence-corrected chi connectivity index (χ0v) is 17.0. The zero-order chi connectivity index (χ0) is 20.4. The minimum atomic E-state index is -0.375. The molecule has 4 nitrogen and oxygen atoms in total. The van der Waals surface area contributed by atoms with Crippen LogP contribution in [0.2, 0.25) is 0 Å². The van der Waals surface area contributed by atoms with E-state index >= 15 is 0 Å². The van der Waals surface area contributed by atoms with Gasteiger partial charge in [-0.15, -0.1) is 0 Å². The van der Waals surface area contributed by atoms with Crippen molar-refractivity contribution >= 4 is 11.8 Å². The number of carbonyl (C=O) groups is 1. The van der Waals surface area contributed by atoms with Gasteiger partial charge >= 0.3 is 6.09 Å². The van der Waals surface area contributed by atoms with Gasteiger partial charge in [0.25, 0.3) is 0 Å². The molecule has 1 aliphatic carbocycles. The summed E-state index contributed by atoms with van der Waals surface area (Å²) in [5, 5.41) is 2.94. The standard InChI is InChI=1S/C26H26N2O2/c29-25(27-24-14-8-7-13-23(24)21-11-5-2-6-12-21)30-19-26-15-22(26)17-28(18-26)16-20-9-3-1-4-10-20/h1-14,22H,15-19H2,(H,27,29). The van der Waals surface area contributed by atoms with Gasteiger partial charge in [-0.25, -0.2) is 4.79 Å². The second-order valence-electron chi connectivity index (χ2n) is 8.53. The van der Waals surface area contributed by atoms with Crippen LogP contribution in [-0.4, -0.2) is 30.7 Å². The molecule has 0 radical (unpaired) electrons. The fourth-order valence-corrected chi connectivity index (χ4v) is 4.71. The number of nitrogens with one attached hydrogen (secondary N) is 1. The highest BCUT2D eigenvalue weighted by atomic mass is 16.5. The topological polar surface area (TPSA) is 41.6 Å². The molecule has 1 saturated heterocycles. The maximum atomic E-state index is 12.5. The van der Waals surface area contributed by atoms with Gasteiger partial charge in [0.15, 0.2) is 0 Å². The molecule has 2 unspecified atom stereocenters. The Morgan fingerprint density at radius 1 is 0.967 bits per heavy atom. The Morgan fingerprint density at radius 3 is 2.47 bits per heavy atom. The molecular weight excluding hydrogens is 372 g/mol. The number of benzene rings is 3. The van der Waals surface area contributed by atoms with E-state index in [2.05, 4.69) is 40.5 Å². The predicted molar refractivity (Wildman–Crippen MR) is 119 cm³/mol. The summed E-state index contributed by atoms with van der Waals surface area (Å²) in [6.07, 6.45) is 0.784. The second kappa shape index (κ2) is 7.96. The van der Waals surface area contributed by atoms with E-state index in [1.165, 1.54) is 5.56 Å². The largest absolute Gasteiger partial charge is 0.449 e. The lowest BCUT2D eigenvalue weighted by atomic mass is 10.0. The first-order valence-corrected chi connectivity index (χ1v) is 10.6. The quantitative estimate of drug-likeness (QED) is 0.602. The fraction of sp³-hybridized carbons (Fsp3) is 0.269. The maximum absolute atomic E-state index is 12.5. The second-order valence-corrected chi connectivity index (χ2v) is 8.53. The van der Waals surface area contributed by atoms with Crippen LogP contribution in [0, 0.1) is 11.3 Å². The molecule has 2 atom stereocenters. The molecule has 1 N–H and O–H groups in total. The smallest absolute Gasteiger partial charge is 0.411 e. The molecule has 2 fully saturated rings. The van der Waals surface area contributed by atoms with Crippen LogP contribution in [-0.2, 0) is 11.3 Å². The van der Waals surface area contributed by atoms with Gasteiger partial charge < -0.3 is 4.74 Å². The molecule has 5 rings (SSSR count). The summed E-state index contributed by atoms with van der Waals surface area (Å²) in [5.74, 6) is 0.644. The number of anilines is 1. The summed E-state index contributed by atoms with van der Waals surface area (Å²) in [6.45, 7) is 3.55. The highest BCUT2D eigenvalue weighted by Crippen LogP contribution is 2.58. The van der Waals surface area contributed by atoms with Crippen molar-refractivity contribution in [3.05, 3.63) is 90.5 Å². The average molecular weight is 399 g/mol. The lowest BCUT2D eigenvalue weighted by Crippen LogP contribution is -2.28. The van der Waals surface area contributed by atoms with Crippen molar-refractivity contribution in [1.29, 1.82) is 0 Å². The van der Waals surface area contributed by atoms with Crippen molar-refractivity contribution in [3.8, 4) is 11.1 Å². The zero-order valence-electron chi connectivity index (χ0n) is 17.0. The monoisotopic (exact) mass is 398 g/mol. The number of hydrogen-bond acceptors (Lipinski definition) is 3. The van der Waals surface area contributed by atoms with Crippen LogP contribution in [0.15, 0.2) is 84.9 Å². The van der Waals surface area contributed by atoms with Crippen molar-refractivity contribution in [2.75, 3.05) is 25.0 Å². The van der Waals surface area contributed by atoms with Crippen LogP contribution in [0.4, 0.5) is 10.5 Å². The van der Waals surface area contributed by atoms with E-state index in [0.717, 1.165) is 42.9 Å². The summed E-state index contributed by atoms with van der Waals surface area (Å²) in [5.41, 5.74) is 4.32. The van der Waals surface area contributed by atoms with E-state index in [4.69, 9.17) is 4.74 Å². The number of amides is 1. The summed E-state index contributed by atoms with van der Waals surface area (Å²) >= 11 is 0. The van der Waals surface area contributed by atoms with Crippen molar-refractivity contribution in [2.24, 2.45) is 11.3 Å². The number of para-hydroxylation sites is 1. The van der Waals surface area contributed by atoms with Crippen LogP contribution in [0.1, 0.15) is 12.0 Å². The minimum Gasteiger partial charge on any atom is -0.449 e. The SMILES string of the molecule is O=C(Nc1ccccc1-c1ccccc1)OCC12CC1CN(Cc1ccccc1)C2. The third-order valence-corrected chi connectivity index (χ3v) is 6.36. The number of carbonyl (C=O) groups excluding carboxylic acids is 1. The number of nitrogens with zero attached hydrogens (tertiary/aromatic N) is 1. The molecular formula is C26H26N2O2. The van der Waals surface area contributed by atoms with E-state index in [1.54, 1.807) is 0 Å². The molecule has 0 aromatic heterocycles. The Labute approximate surface area is 177 Å². The maximum Gasteiger partial charge on any atom is 0.411 e. The molecule has 4 heteroatoms. The Balaban J connectivity index is 1.17. The molecule has 2 aliphatic rings. The molecule has 1 heterocycles. The third-order valence-electron chi connectivity index (χ3n) is 6.36. The van der Waals surface area contributed by atoms with Crippen LogP contribution >= 0.6 is 0 Å². The molecule has 1 amide bonds. The van der Waals surface area contributed by atoms with Gasteiger partial charge in [0.2, 0.25) is 0 Å². The molecule has 0 bridgehead atoms. The molecule has 0 spiro atoms. The van der Waals surface area contributed by atoms with Crippen LogP contribution in [0.5, 0.6) is 0 Å². The predicted octanol–water partition coefficient (Wildman–Crippen LogP) is 5.42. The first kappa shape index (κ1) is 18.9. The van der Waals surface area contributed by atoms with Gasteiger partial charge in [0, 0.05) is 30.6 Å². The van der Waals surface area contributed by atoms with Crippen molar-refractivity contribution < 1.29 is 9.53 Å². The lowest BCUT2D eigenvalue weighted by molar-refractivity contribution is 0.127. The Bertz CT molecular complexity index is 1020. The Morgan fingerprint density at radius 2 is 1.67 bits per heavy atom. The van der Waals surface area contributed by atoms with Crippen molar-refractivity contribution in [1.82, 2.24) is 4.90 Å². The summed E-state index contributed by atoms with van der Waals surface area (Å²) < 4.78 is 5.69. The molecule has 1 aliphatic heterocycles. The van der Waals surface area contributed by atoms with Crippen LogP contribution in [0.25, 0.3) is 11.1 Å². The highest BCUT2D eigenvalue weighted by molar-refractivity contribution is 5.91. The Hall–Kier alpha value is -3.11. The van der Waals surface area contributed by atoms with Gasteiger partial charge in [-0.2, -0.15) is 0 Å². The minimum absolute atomic E-state index is 0.144.